The molecule has 1 aliphatic rings. The van der Waals surface area contributed by atoms with Crippen LogP contribution in [0.2, 0.25) is 0 Å². The molecular formula is C9H14N2O3. The summed E-state index contributed by atoms with van der Waals surface area (Å²) in [6.45, 7) is 5.28. The molecule has 2 unspecified atom stereocenters. The topological polar surface area (TPSA) is 89.3 Å². The van der Waals surface area contributed by atoms with E-state index in [4.69, 9.17) is 5.73 Å². The lowest BCUT2D eigenvalue weighted by atomic mass is 9.74. The van der Waals surface area contributed by atoms with Gasteiger partial charge < -0.3 is 5.73 Å². The van der Waals surface area contributed by atoms with E-state index in [0.717, 1.165) is 0 Å². The van der Waals surface area contributed by atoms with Crippen molar-refractivity contribution in [2.75, 3.05) is 0 Å². The van der Waals surface area contributed by atoms with Crippen LogP contribution in [0.1, 0.15) is 20.8 Å². The molecule has 5 heteroatoms. The lowest BCUT2D eigenvalue weighted by molar-refractivity contribution is -0.148. The van der Waals surface area contributed by atoms with Crippen molar-refractivity contribution in [3.8, 4) is 0 Å². The monoisotopic (exact) mass is 198 g/mol. The SMILES string of the molecule is CC(C)(C)C1C(=O)NC(=O)C(N)C1=O. The molecule has 3 N–H and O–H groups in total. The Morgan fingerprint density at radius 3 is 2.07 bits per heavy atom. The van der Waals surface area contributed by atoms with Gasteiger partial charge in [-0.25, -0.2) is 0 Å². The number of hydrogen-bond donors (Lipinski definition) is 2. The Morgan fingerprint density at radius 1 is 1.14 bits per heavy atom. The summed E-state index contributed by atoms with van der Waals surface area (Å²) in [5.74, 6) is -2.59. The Morgan fingerprint density at radius 2 is 1.64 bits per heavy atom. The van der Waals surface area contributed by atoms with Crippen LogP contribution in [0, 0.1) is 11.3 Å². The first-order valence-corrected chi connectivity index (χ1v) is 4.39. The lowest BCUT2D eigenvalue weighted by Crippen LogP contribution is -2.61. The van der Waals surface area contributed by atoms with Gasteiger partial charge in [0.2, 0.25) is 5.91 Å². The molecule has 0 radical (unpaired) electrons. The third-order valence-corrected chi connectivity index (χ3v) is 2.25. The predicted octanol–water partition coefficient (Wildman–Crippen LogP) is -0.798. The van der Waals surface area contributed by atoms with E-state index in [1.165, 1.54) is 0 Å². The minimum absolute atomic E-state index is 0.494. The minimum atomic E-state index is -1.21. The van der Waals surface area contributed by atoms with Crippen LogP contribution in [0.5, 0.6) is 0 Å². The van der Waals surface area contributed by atoms with Crippen molar-refractivity contribution in [2.45, 2.75) is 26.8 Å². The highest BCUT2D eigenvalue weighted by atomic mass is 16.2. The number of rotatable bonds is 0. The molecule has 78 valence electrons. The van der Waals surface area contributed by atoms with Gasteiger partial charge in [0.15, 0.2) is 5.78 Å². The summed E-state index contributed by atoms with van der Waals surface area (Å²) in [5, 5.41) is 2.09. The van der Waals surface area contributed by atoms with Crippen molar-refractivity contribution in [1.82, 2.24) is 5.32 Å². The number of nitrogens with one attached hydrogen (secondary N) is 1. The Kier molecular flexibility index (Phi) is 2.45. The first kappa shape index (κ1) is 10.8. The number of hydrogen-bond acceptors (Lipinski definition) is 4. The second-order valence-corrected chi connectivity index (χ2v) is 4.53. The van der Waals surface area contributed by atoms with Gasteiger partial charge in [0.25, 0.3) is 5.91 Å². The molecule has 0 aliphatic carbocycles. The highest BCUT2D eigenvalue weighted by Gasteiger charge is 2.46. The number of nitrogens with two attached hydrogens (primary N) is 1. The van der Waals surface area contributed by atoms with E-state index in [1.54, 1.807) is 20.8 Å². The smallest absolute Gasteiger partial charge is 0.251 e. The van der Waals surface area contributed by atoms with Crippen molar-refractivity contribution in [3.63, 3.8) is 0 Å². The summed E-state index contributed by atoms with van der Waals surface area (Å²) < 4.78 is 0. The molecule has 1 heterocycles. The fourth-order valence-electron chi connectivity index (χ4n) is 1.53. The third kappa shape index (κ3) is 1.68. The minimum Gasteiger partial charge on any atom is -0.314 e. The molecule has 14 heavy (non-hydrogen) atoms. The van der Waals surface area contributed by atoms with E-state index < -0.39 is 35.0 Å². The maximum atomic E-state index is 11.6. The predicted molar refractivity (Wildman–Crippen MR) is 49.1 cm³/mol. The Labute approximate surface area is 82.0 Å². The number of imide groups is 1. The molecule has 1 aliphatic heterocycles. The molecule has 1 fully saturated rings. The maximum absolute atomic E-state index is 11.6. The lowest BCUT2D eigenvalue weighted by Gasteiger charge is -2.33. The number of carbonyl (C=O) groups is 3. The Hall–Kier alpha value is -1.23. The van der Waals surface area contributed by atoms with Crippen LogP contribution in [0.25, 0.3) is 0 Å². The van der Waals surface area contributed by atoms with Gasteiger partial charge in [-0.1, -0.05) is 20.8 Å². The summed E-state index contributed by atoms with van der Waals surface area (Å²) in [6.07, 6.45) is 0. The van der Waals surface area contributed by atoms with Crippen molar-refractivity contribution in [2.24, 2.45) is 17.1 Å². The third-order valence-electron chi connectivity index (χ3n) is 2.25. The summed E-state index contributed by atoms with van der Waals surface area (Å²) in [5.41, 5.74) is 4.84. The zero-order valence-electron chi connectivity index (χ0n) is 8.46. The van der Waals surface area contributed by atoms with Crippen molar-refractivity contribution in [1.29, 1.82) is 0 Å². The molecule has 0 saturated carbocycles. The first-order chi connectivity index (χ1) is 6.25. The molecule has 1 rings (SSSR count). The second-order valence-electron chi connectivity index (χ2n) is 4.53. The van der Waals surface area contributed by atoms with Crippen molar-refractivity contribution >= 4 is 17.6 Å². The van der Waals surface area contributed by atoms with E-state index in [0.29, 0.717) is 0 Å². The van der Waals surface area contributed by atoms with Crippen LogP contribution in [-0.4, -0.2) is 23.6 Å². The number of carbonyl (C=O) groups excluding carboxylic acids is 3. The molecule has 0 bridgehead atoms. The normalized spacial score (nSPS) is 29.0. The molecule has 0 aromatic rings. The summed E-state index contributed by atoms with van der Waals surface area (Å²) in [6, 6.07) is -1.21. The largest absolute Gasteiger partial charge is 0.314 e. The van der Waals surface area contributed by atoms with E-state index in [9.17, 15) is 14.4 Å². The maximum Gasteiger partial charge on any atom is 0.251 e. The van der Waals surface area contributed by atoms with Gasteiger partial charge in [-0.2, -0.15) is 0 Å². The molecule has 2 amide bonds. The highest BCUT2D eigenvalue weighted by Crippen LogP contribution is 2.29. The van der Waals surface area contributed by atoms with Gasteiger partial charge in [-0.15, -0.1) is 0 Å². The molecule has 2 atom stereocenters. The van der Waals surface area contributed by atoms with Gasteiger partial charge in [0.1, 0.15) is 12.0 Å². The summed E-state index contributed by atoms with van der Waals surface area (Å²) in [7, 11) is 0. The van der Waals surface area contributed by atoms with Gasteiger partial charge in [-0.05, 0) is 5.41 Å². The molecule has 0 aromatic carbocycles. The van der Waals surface area contributed by atoms with Crippen molar-refractivity contribution < 1.29 is 14.4 Å². The molecule has 1 saturated heterocycles. The summed E-state index contributed by atoms with van der Waals surface area (Å²) >= 11 is 0. The number of amides is 2. The van der Waals surface area contributed by atoms with Crippen molar-refractivity contribution in [3.05, 3.63) is 0 Å². The van der Waals surface area contributed by atoms with E-state index in [2.05, 4.69) is 5.32 Å². The Bertz CT molecular complexity index is 304. The standard InChI is InChI=1S/C9H14N2O3/c1-9(2,3)4-6(12)5(10)8(14)11-7(4)13/h4-5H,10H2,1-3H3,(H,11,13,14). The number of ketones is 1. The van der Waals surface area contributed by atoms with Crippen LogP contribution >= 0.6 is 0 Å². The van der Waals surface area contributed by atoms with Gasteiger partial charge in [0, 0.05) is 0 Å². The Balaban J connectivity index is 3.03. The van der Waals surface area contributed by atoms with Crippen LogP contribution in [0.3, 0.4) is 0 Å². The van der Waals surface area contributed by atoms with Crippen LogP contribution < -0.4 is 11.1 Å². The summed E-state index contributed by atoms with van der Waals surface area (Å²) in [4.78, 5) is 34.0. The molecule has 0 aromatic heterocycles. The number of Topliss-reactive ketones (excluding diaryl/α,β-unsaturated/α-hetero) is 1. The number of piperidine rings is 1. The van der Waals surface area contributed by atoms with Gasteiger partial charge in [-0.3, -0.25) is 19.7 Å². The average Bonchev–Trinajstić information content (AvgIpc) is 1.97. The van der Waals surface area contributed by atoms with Crippen LogP contribution in [-0.2, 0) is 14.4 Å². The van der Waals surface area contributed by atoms with Gasteiger partial charge >= 0.3 is 0 Å². The van der Waals surface area contributed by atoms with Crippen LogP contribution in [0.4, 0.5) is 0 Å². The highest BCUT2D eigenvalue weighted by molar-refractivity contribution is 6.22. The van der Waals surface area contributed by atoms with E-state index in [-0.39, 0.29) is 0 Å². The van der Waals surface area contributed by atoms with E-state index >= 15 is 0 Å². The molecular weight excluding hydrogens is 184 g/mol. The zero-order valence-corrected chi connectivity index (χ0v) is 8.46. The fraction of sp³-hybridized carbons (Fsp3) is 0.667. The van der Waals surface area contributed by atoms with Gasteiger partial charge in [0.05, 0.1) is 0 Å². The fourth-order valence-corrected chi connectivity index (χ4v) is 1.53. The second kappa shape index (κ2) is 3.16. The quantitative estimate of drug-likeness (QED) is 0.394. The zero-order chi connectivity index (χ0) is 11.1. The van der Waals surface area contributed by atoms with E-state index in [1.807, 2.05) is 0 Å². The first-order valence-electron chi connectivity index (χ1n) is 4.39. The average molecular weight is 198 g/mol. The molecule has 5 nitrogen and oxygen atoms in total. The molecule has 0 spiro atoms. The van der Waals surface area contributed by atoms with Crippen LogP contribution in [0.15, 0.2) is 0 Å².